The van der Waals surface area contributed by atoms with E-state index >= 15 is 0 Å². The zero-order chi connectivity index (χ0) is 13.0. The minimum Gasteiger partial charge on any atom is -0.338 e. The van der Waals surface area contributed by atoms with E-state index in [1.807, 2.05) is 30.3 Å². The van der Waals surface area contributed by atoms with Crippen molar-refractivity contribution in [3.05, 3.63) is 35.9 Å². The van der Waals surface area contributed by atoms with E-state index in [9.17, 15) is 13.6 Å². The Morgan fingerprint density at radius 1 is 1.22 bits per heavy atom. The van der Waals surface area contributed by atoms with Gasteiger partial charge >= 0.3 is 6.03 Å². The standard InChI is InChI=1S/C13H16F2N2O/c14-13(15)6-11(7-13)9-17-12(18)16-8-10-4-2-1-3-5-10/h1-5,11H,6-9H2,(H2,16,17,18). The van der Waals surface area contributed by atoms with Gasteiger partial charge in [0.2, 0.25) is 5.92 Å². The van der Waals surface area contributed by atoms with Gasteiger partial charge in [-0.05, 0) is 11.5 Å². The van der Waals surface area contributed by atoms with Crippen molar-refractivity contribution in [3.63, 3.8) is 0 Å². The third-order valence-electron chi connectivity index (χ3n) is 3.02. The maximum atomic E-state index is 12.6. The number of rotatable bonds is 4. The minimum atomic E-state index is -2.52. The van der Waals surface area contributed by atoms with Crippen LogP contribution in [0.25, 0.3) is 0 Å². The number of halogens is 2. The van der Waals surface area contributed by atoms with E-state index < -0.39 is 5.92 Å². The summed E-state index contributed by atoms with van der Waals surface area (Å²) in [6.07, 6.45) is -0.238. The Morgan fingerprint density at radius 2 is 1.89 bits per heavy atom. The SMILES string of the molecule is O=C(NCc1ccccc1)NCC1CC(F)(F)C1. The van der Waals surface area contributed by atoms with Crippen molar-refractivity contribution < 1.29 is 13.6 Å². The van der Waals surface area contributed by atoms with Gasteiger partial charge in [-0.3, -0.25) is 0 Å². The summed E-state index contributed by atoms with van der Waals surface area (Å²) < 4.78 is 25.1. The number of carbonyl (C=O) groups is 1. The van der Waals surface area contributed by atoms with E-state index in [-0.39, 0.29) is 24.8 Å². The molecule has 5 heteroatoms. The fraction of sp³-hybridized carbons (Fsp3) is 0.462. The number of amides is 2. The number of hydrogen-bond donors (Lipinski definition) is 2. The average Bonchev–Trinajstić information content (AvgIpc) is 2.32. The molecule has 0 radical (unpaired) electrons. The lowest BCUT2D eigenvalue weighted by Gasteiger charge is -2.34. The highest BCUT2D eigenvalue weighted by molar-refractivity contribution is 5.73. The van der Waals surface area contributed by atoms with Crippen LogP contribution in [0.5, 0.6) is 0 Å². The first-order chi connectivity index (χ1) is 8.55. The molecule has 2 rings (SSSR count). The molecule has 0 aromatic heterocycles. The fourth-order valence-electron chi connectivity index (χ4n) is 2.01. The number of nitrogens with one attached hydrogen (secondary N) is 2. The second kappa shape index (κ2) is 5.33. The Kier molecular flexibility index (Phi) is 3.79. The van der Waals surface area contributed by atoms with Crippen molar-refractivity contribution in [2.45, 2.75) is 25.3 Å². The Labute approximate surface area is 105 Å². The van der Waals surface area contributed by atoms with Crippen LogP contribution in [0, 0.1) is 5.92 Å². The van der Waals surface area contributed by atoms with Crippen LogP contribution in [0.1, 0.15) is 18.4 Å². The first kappa shape index (κ1) is 12.8. The predicted molar refractivity (Wildman–Crippen MR) is 64.4 cm³/mol. The van der Waals surface area contributed by atoms with Crippen molar-refractivity contribution in [3.8, 4) is 0 Å². The zero-order valence-corrected chi connectivity index (χ0v) is 9.96. The van der Waals surface area contributed by atoms with Crippen molar-refractivity contribution in [1.29, 1.82) is 0 Å². The van der Waals surface area contributed by atoms with E-state index in [2.05, 4.69) is 10.6 Å². The molecule has 1 fully saturated rings. The molecule has 1 aromatic rings. The molecule has 2 amide bonds. The molecule has 1 aliphatic carbocycles. The van der Waals surface area contributed by atoms with Crippen LogP contribution in [0.15, 0.2) is 30.3 Å². The lowest BCUT2D eigenvalue weighted by atomic mass is 9.81. The van der Waals surface area contributed by atoms with E-state index in [0.29, 0.717) is 13.1 Å². The van der Waals surface area contributed by atoms with Gasteiger partial charge in [-0.1, -0.05) is 30.3 Å². The maximum Gasteiger partial charge on any atom is 0.315 e. The summed E-state index contributed by atoms with van der Waals surface area (Å²) in [5.41, 5.74) is 1.00. The largest absolute Gasteiger partial charge is 0.338 e. The summed E-state index contributed by atoms with van der Waals surface area (Å²) in [4.78, 5) is 11.4. The third-order valence-corrected chi connectivity index (χ3v) is 3.02. The first-order valence-electron chi connectivity index (χ1n) is 5.99. The summed E-state index contributed by atoms with van der Waals surface area (Å²) in [6, 6.07) is 9.20. The predicted octanol–water partition coefficient (Wildman–Crippen LogP) is 2.53. The molecule has 0 bridgehead atoms. The summed E-state index contributed by atoms with van der Waals surface area (Å²) in [7, 11) is 0. The van der Waals surface area contributed by atoms with Crippen LogP contribution in [0.3, 0.4) is 0 Å². The molecular formula is C13H16F2N2O. The van der Waals surface area contributed by atoms with Crippen molar-refractivity contribution in [2.24, 2.45) is 5.92 Å². The van der Waals surface area contributed by atoms with Gasteiger partial charge in [0.25, 0.3) is 0 Å². The van der Waals surface area contributed by atoms with Crippen molar-refractivity contribution >= 4 is 6.03 Å². The highest BCUT2D eigenvalue weighted by Crippen LogP contribution is 2.41. The Bertz CT molecular complexity index is 401. The summed E-state index contributed by atoms with van der Waals surface area (Å²) >= 11 is 0. The number of alkyl halides is 2. The summed E-state index contributed by atoms with van der Waals surface area (Å²) in [5, 5.41) is 5.29. The second-order valence-electron chi connectivity index (χ2n) is 4.68. The highest BCUT2D eigenvalue weighted by Gasteiger charge is 2.44. The molecule has 2 N–H and O–H groups in total. The molecule has 98 valence electrons. The lowest BCUT2D eigenvalue weighted by Crippen LogP contribution is -2.45. The van der Waals surface area contributed by atoms with Gasteiger partial charge in [0.15, 0.2) is 0 Å². The molecule has 0 aliphatic heterocycles. The van der Waals surface area contributed by atoms with E-state index in [1.165, 1.54) is 0 Å². The number of carbonyl (C=O) groups excluding carboxylic acids is 1. The van der Waals surface area contributed by atoms with Crippen LogP contribution >= 0.6 is 0 Å². The van der Waals surface area contributed by atoms with Gasteiger partial charge in [0.1, 0.15) is 0 Å². The van der Waals surface area contributed by atoms with Crippen LogP contribution < -0.4 is 10.6 Å². The molecule has 3 nitrogen and oxygen atoms in total. The first-order valence-corrected chi connectivity index (χ1v) is 5.99. The molecule has 0 unspecified atom stereocenters. The summed E-state index contributed by atoms with van der Waals surface area (Å²) in [6.45, 7) is 0.754. The normalized spacial score (nSPS) is 17.9. The van der Waals surface area contributed by atoms with Gasteiger partial charge in [-0.15, -0.1) is 0 Å². The molecule has 1 aliphatic rings. The molecule has 1 aromatic carbocycles. The lowest BCUT2D eigenvalue weighted by molar-refractivity contribution is -0.108. The van der Waals surface area contributed by atoms with Crippen molar-refractivity contribution in [2.75, 3.05) is 6.54 Å². The number of hydrogen-bond acceptors (Lipinski definition) is 1. The van der Waals surface area contributed by atoms with Gasteiger partial charge in [0.05, 0.1) is 0 Å². The monoisotopic (exact) mass is 254 g/mol. The Balaban J connectivity index is 1.61. The minimum absolute atomic E-state index is 0.0949. The smallest absolute Gasteiger partial charge is 0.315 e. The van der Waals surface area contributed by atoms with Gasteiger partial charge in [-0.25, -0.2) is 13.6 Å². The second-order valence-corrected chi connectivity index (χ2v) is 4.68. The number of benzene rings is 1. The van der Waals surface area contributed by atoms with Gasteiger partial charge in [0, 0.05) is 25.9 Å². The fourth-order valence-corrected chi connectivity index (χ4v) is 2.01. The van der Waals surface area contributed by atoms with Crippen LogP contribution in [0.2, 0.25) is 0 Å². The number of urea groups is 1. The molecule has 0 spiro atoms. The molecule has 18 heavy (non-hydrogen) atoms. The van der Waals surface area contributed by atoms with Crippen LogP contribution in [0.4, 0.5) is 13.6 Å². The molecule has 0 atom stereocenters. The maximum absolute atomic E-state index is 12.6. The Hall–Kier alpha value is -1.65. The molecular weight excluding hydrogens is 238 g/mol. The van der Waals surface area contributed by atoms with Crippen molar-refractivity contribution in [1.82, 2.24) is 10.6 Å². The quantitative estimate of drug-likeness (QED) is 0.851. The van der Waals surface area contributed by atoms with E-state index in [4.69, 9.17) is 0 Å². The van der Waals surface area contributed by atoms with Crippen LogP contribution in [-0.2, 0) is 6.54 Å². The topological polar surface area (TPSA) is 41.1 Å². The van der Waals surface area contributed by atoms with Gasteiger partial charge in [-0.2, -0.15) is 0 Å². The highest BCUT2D eigenvalue weighted by atomic mass is 19.3. The Morgan fingerprint density at radius 3 is 2.50 bits per heavy atom. The molecule has 0 saturated heterocycles. The zero-order valence-electron chi connectivity index (χ0n) is 9.96. The molecule has 1 saturated carbocycles. The van der Waals surface area contributed by atoms with Crippen LogP contribution in [-0.4, -0.2) is 18.5 Å². The van der Waals surface area contributed by atoms with E-state index in [0.717, 1.165) is 5.56 Å². The third kappa shape index (κ3) is 3.68. The average molecular weight is 254 g/mol. The summed E-state index contributed by atoms with van der Waals surface area (Å²) in [5.74, 6) is -2.62. The van der Waals surface area contributed by atoms with E-state index in [1.54, 1.807) is 0 Å². The van der Waals surface area contributed by atoms with Gasteiger partial charge < -0.3 is 10.6 Å². The molecule has 0 heterocycles.